The van der Waals surface area contributed by atoms with Gasteiger partial charge in [0.15, 0.2) is 0 Å². The zero-order valence-electron chi connectivity index (χ0n) is 24.5. The molecule has 2 heterocycles. The predicted octanol–water partition coefficient (Wildman–Crippen LogP) is 6.04. The molecule has 9 nitrogen and oxygen atoms in total. The van der Waals surface area contributed by atoms with E-state index in [4.69, 9.17) is 9.72 Å². The van der Waals surface area contributed by atoms with E-state index in [1.807, 2.05) is 57.3 Å². The number of benzene rings is 2. The molecule has 0 saturated carbocycles. The lowest BCUT2D eigenvalue weighted by Crippen LogP contribution is -2.47. The van der Waals surface area contributed by atoms with Crippen LogP contribution in [0.2, 0.25) is 0 Å². The van der Waals surface area contributed by atoms with Crippen LogP contribution in [-0.4, -0.2) is 74.7 Å². The maximum Gasteiger partial charge on any atom is 0.410 e. The van der Waals surface area contributed by atoms with Gasteiger partial charge in [-0.15, -0.1) is 11.3 Å². The lowest BCUT2D eigenvalue weighted by molar-refractivity contribution is -0.143. The Morgan fingerprint density at radius 2 is 1.71 bits per heavy atom. The second-order valence-corrected chi connectivity index (χ2v) is 12.3. The number of fused-ring (bicyclic) bond motifs is 3. The van der Waals surface area contributed by atoms with Crippen molar-refractivity contribution in [2.75, 3.05) is 19.7 Å². The van der Waals surface area contributed by atoms with Crippen LogP contribution in [0.4, 0.5) is 9.59 Å². The van der Waals surface area contributed by atoms with E-state index >= 15 is 0 Å². The number of hydrogen-bond acceptors (Lipinski definition) is 6. The molecule has 1 aliphatic carbocycles. The van der Waals surface area contributed by atoms with Crippen LogP contribution in [0.3, 0.4) is 0 Å². The zero-order valence-corrected chi connectivity index (χ0v) is 25.3. The van der Waals surface area contributed by atoms with Crippen LogP contribution in [0.15, 0.2) is 53.9 Å². The third-order valence-corrected chi connectivity index (χ3v) is 9.23. The second-order valence-electron chi connectivity index (χ2n) is 11.3. The molecule has 2 atom stereocenters. The Morgan fingerprint density at radius 1 is 1.07 bits per heavy atom. The molecule has 1 aromatic heterocycles. The Kier molecular flexibility index (Phi) is 8.82. The first kappa shape index (κ1) is 29.6. The standard InChI is InChI=1S/C32H38N4O5S/c1-5-21(4)29(30(37)38)35-15-14-34(31(35)39)16-22-19-42-28(33-22)17-36(20(2)3)32(40)41-18-27-25-12-8-6-10-23(25)24-11-7-9-13-26(24)27/h6-13,19-21,27,29H,5,14-18H2,1-4H3,(H,37,38)/t21-,29-/m0/s1. The minimum absolute atomic E-state index is 0.0135. The summed E-state index contributed by atoms with van der Waals surface area (Å²) >= 11 is 1.44. The smallest absolute Gasteiger partial charge is 0.410 e. The van der Waals surface area contributed by atoms with Gasteiger partial charge in [0.05, 0.1) is 18.8 Å². The summed E-state index contributed by atoms with van der Waals surface area (Å²) in [6.45, 7) is 9.36. The summed E-state index contributed by atoms with van der Waals surface area (Å²) in [6, 6.07) is 15.3. The van der Waals surface area contributed by atoms with Gasteiger partial charge in [0.2, 0.25) is 0 Å². The largest absolute Gasteiger partial charge is 0.480 e. The second kappa shape index (κ2) is 12.5. The van der Waals surface area contributed by atoms with Crippen LogP contribution >= 0.6 is 11.3 Å². The predicted molar refractivity (Wildman–Crippen MR) is 161 cm³/mol. The molecule has 1 N–H and O–H groups in total. The number of carbonyl (C=O) groups is 3. The van der Waals surface area contributed by atoms with E-state index in [-0.39, 0.29) is 30.5 Å². The highest BCUT2D eigenvalue weighted by molar-refractivity contribution is 7.09. The summed E-state index contributed by atoms with van der Waals surface area (Å²) in [5, 5.41) is 12.4. The Hall–Kier alpha value is -3.92. The molecule has 0 radical (unpaired) electrons. The normalized spacial score (nSPS) is 16.0. The van der Waals surface area contributed by atoms with Crippen molar-refractivity contribution in [3.63, 3.8) is 0 Å². The van der Waals surface area contributed by atoms with E-state index in [2.05, 4.69) is 24.3 Å². The van der Waals surface area contributed by atoms with Gasteiger partial charge in [-0.05, 0) is 42.0 Å². The summed E-state index contributed by atoms with van der Waals surface area (Å²) in [7, 11) is 0. The highest BCUT2D eigenvalue weighted by atomic mass is 32.1. The van der Waals surface area contributed by atoms with Crippen molar-refractivity contribution < 1.29 is 24.2 Å². The Labute approximate surface area is 250 Å². The number of hydrogen-bond donors (Lipinski definition) is 1. The topological polar surface area (TPSA) is 103 Å². The minimum atomic E-state index is -0.975. The lowest BCUT2D eigenvalue weighted by atomic mass is 9.98. The number of carbonyl (C=O) groups excluding carboxylic acids is 2. The number of rotatable bonds is 11. The molecule has 1 aliphatic heterocycles. The van der Waals surface area contributed by atoms with E-state index in [0.717, 1.165) is 10.7 Å². The van der Waals surface area contributed by atoms with Crippen molar-refractivity contribution >= 4 is 29.4 Å². The van der Waals surface area contributed by atoms with Crippen LogP contribution in [0.5, 0.6) is 0 Å². The summed E-state index contributed by atoms with van der Waals surface area (Å²) < 4.78 is 5.90. The van der Waals surface area contributed by atoms with Crippen molar-refractivity contribution in [3.05, 3.63) is 75.7 Å². The molecule has 0 unspecified atom stereocenters. The number of nitrogens with zero attached hydrogens (tertiary/aromatic N) is 4. The molecule has 3 amide bonds. The molecule has 5 rings (SSSR count). The third kappa shape index (κ3) is 5.86. The number of amides is 3. The van der Waals surface area contributed by atoms with E-state index in [1.54, 1.807) is 9.80 Å². The maximum atomic E-state index is 13.3. The van der Waals surface area contributed by atoms with Crippen LogP contribution in [0, 0.1) is 5.92 Å². The number of aromatic nitrogens is 1. The molecule has 2 aromatic carbocycles. The zero-order chi connectivity index (χ0) is 30.0. The molecule has 2 aliphatic rings. The summed E-state index contributed by atoms with van der Waals surface area (Å²) in [4.78, 5) is 47.7. The molecule has 222 valence electrons. The first-order valence-corrected chi connectivity index (χ1v) is 15.4. The van der Waals surface area contributed by atoms with Crippen LogP contribution < -0.4 is 0 Å². The average Bonchev–Trinajstić information content (AvgIpc) is 3.66. The van der Waals surface area contributed by atoms with Gasteiger partial charge in [0.1, 0.15) is 17.7 Å². The molecule has 10 heteroatoms. The number of carboxylic acids is 1. The van der Waals surface area contributed by atoms with E-state index in [9.17, 15) is 19.5 Å². The monoisotopic (exact) mass is 590 g/mol. The first-order chi connectivity index (χ1) is 20.2. The van der Waals surface area contributed by atoms with Crippen LogP contribution in [0.1, 0.15) is 61.9 Å². The molecule has 0 bridgehead atoms. The highest BCUT2D eigenvalue weighted by Gasteiger charge is 2.40. The van der Waals surface area contributed by atoms with Gasteiger partial charge in [-0.25, -0.2) is 19.4 Å². The molecule has 0 spiro atoms. The van der Waals surface area contributed by atoms with Crippen molar-refractivity contribution in [2.24, 2.45) is 5.92 Å². The van der Waals surface area contributed by atoms with Gasteiger partial charge in [-0.3, -0.25) is 4.90 Å². The van der Waals surface area contributed by atoms with Gasteiger partial charge in [-0.2, -0.15) is 0 Å². The quantitative estimate of drug-likeness (QED) is 0.292. The Morgan fingerprint density at radius 3 is 2.31 bits per heavy atom. The third-order valence-electron chi connectivity index (χ3n) is 8.35. The maximum absolute atomic E-state index is 13.3. The minimum Gasteiger partial charge on any atom is -0.480 e. The summed E-state index contributed by atoms with van der Waals surface area (Å²) in [5.41, 5.74) is 5.42. The fourth-order valence-corrected chi connectivity index (χ4v) is 6.67. The Balaban J connectivity index is 1.21. The highest BCUT2D eigenvalue weighted by Crippen LogP contribution is 2.44. The number of thiazole rings is 1. The molecular formula is C32H38N4O5S. The SMILES string of the molecule is CC[C@H](C)[C@@H](C(=O)O)N1CCN(Cc2csc(CN(C(=O)OCC3c4ccccc4-c4ccccc43)C(C)C)n2)C1=O. The van der Waals surface area contributed by atoms with Crippen molar-refractivity contribution in [2.45, 2.75) is 65.2 Å². The molecular weight excluding hydrogens is 552 g/mol. The first-order valence-electron chi connectivity index (χ1n) is 14.5. The molecule has 42 heavy (non-hydrogen) atoms. The van der Waals surface area contributed by atoms with Crippen LogP contribution in [0.25, 0.3) is 11.1 Å². The lowest BCUT2D eigenvalue weighted by Gasteiger charge is -2.28. The number of urea groups is 1. The van der Waals surface area contributed by atoms with Gasteiger partial charge in [-0.1, -0.05) is 68.8 Å². The summed E-state index contributed by atoms with van der Waals surface area (Å²) in [5.74, 6) is -1.13. The fourth-order valence-electron chi connectivity index (χ4n) is 5.88. The van der Waals surface area contributed by atoms with E-state index in [1.165, 1.54) is 38.5 Å². The van der Waals surface area contributed by atoms with Crippen LogP contribution in [-0.2, 0) is 22.6 Å². The fraction of sp³-hybridized carbons (Fsp3) is 0.438. The van der Waals surface area contributed by atoms with Gasteiger partial charge in [0.25, 0.3) is 0 Å². The van der Waals surface area contributed by atoms with Crippen molar-refractivity contribution in [1.82, 2.24) is 19.7 Å². The molecule has 3 aromatic rings. The number of aliphatic carboxylic acids is 1. The number of carboxylic acid groups (broad SMARTS) is 1. The van der Waals surface area contributed by atoms with Gasteiger partial charge >= 0.3 is 18.1 Å². The van der Waals surface area contributed by atoms with E-state index < -0.39 is 18.1 Å². The van der Waals surface area contributed by atoms with Gasteiger partial charge < -0.3 is 19.6 Å². The van der Waals surface area contributed by atoms with Gasteiger partial charge in [0, 0.05) is 30.4 Å². The van der Waals surface area contributed by atoms with Crippen molar-refractivity contribution in [3.8, 4) is 11.1 Å². The summed E-state index contributed by atoms with van der Waals surface area (Å²) in [6.07, 6.45) is 0.283. The number of ether oxygens (including phenoxy) is 1. The molecule has 1 saturated heterocycles. The average molecular weight is 591 g/mol. The Bertz CT molecular complexity index is 1410. The van der Waals surface area contributed by atoms with Crippen molar-refractivity contribution in [1.29, 1.82) is 0 Å². The van der Waals surface area contributed by atoms with E-state index in [0.29, 0.717) is 32.6 Å². The molecule has 1 fully saturated rings.